The largest absolute Gasteiger partial charge is 0.389 e. The predicted octanol–water partition coefficient (Wildman–Crippen LogP) is 3.89. The Morgan fingerprint density at radius 1 is 1.32 bits per heavy atom. The highest BCUT2D eigenvalue weighted by atomic mass is 16.6. The Balaban J connectivity index is 1.61. The molecule has 0 aromatic carbocycles. The number of ether oxygens (including phenoxy) is 1. The first-order valence-corrected chi connectivity index (χ1v) is 10.4. The molecule has 4 fully saturated rings. The van der Waals surface area contributed by atoms with E-state index in [1.807, 2.05) is 6.08 Å². The molecular weight excluding hydrogens is 312 g/mol. The van der Waals surface area contributed by atoms with Crippen LogP contribution in [0.15, 0.2) is 11.6 Å². The van der Waals surface area contributed by atoms with Gasteiger partial charge in [0.05, 0.1) is 17.8 Å². The van der Waals surface area contributed by atoms with Crippen LogP contribution in [-0.2, 0) is 9.53 Å². The van der Waals surface area contributed by atoms with Crippen molar-refractivity contribution in [1.82, 2.24) is 0 Å². The molecule has 0 amide bonds. The molecule has 25 heavy (non-hydrogen) atoms. The van der Waals surface area contributed by atoms with Gasteiger partial charge in [-0.15, -0.1) is 0 Å². The first-order valence-electron chi connectivity index (χ1n) is 10.4. The van der Waals surface area contributed by atoms with Crippen LogP contribution in [-0.4, -0.2) is 28.7 Å². The maximum absolute atomic E-state index is 12.0. The topological polar surface area (TPSA) is 49.8 Å². The molecule has 1 saturated heterocycles. The average Bonchev–Trinajstić information content (AvgIpc) is 3.32. The van der Waals surface area contributed by atoms with Crippen LogP contribution in [0.1, 0.15) is 66.2 Å². The Kier molecular flexibility index (Phi) is 3.16. The minimum atomic E-state index is -0.568. The molecule has 0 aromatic rings. The van der Waals surface area contributed by atoms with E-state index >= 15 is 0 Å². The molecule has 3 saturated carbocycles. The van der Waals surface area contributed by atoms with Crippen LogP contribution in [0.3, 0.4) is 0 Å². The van der Waals surface area contributed by atoms with Crippen LogP contribution >= 0.6 is 0 Å². The number of carbonyl (C=O) groups excluding carboxylic acids is 1. The summed E-state index contributed by atoms with van der Waals surface area (Å²) >= 11 is 0. The van der Waals surface area contributed by atoms with Crippen LogP contribution in [0.4, 0.5) is 0 Å². The lowest BCUT2D eigenvalue weighted by molar-refractivity contribution is -0.127. The number of aliphatic hydroxyl groups is 1. The highest BCUT2D eigenvalue weighted by molar-refractivity contribution is 5.91. The number of allylic oxidation sites excluding steroid dienone is 1. The summed E-state index contributed by atoms with van der Waals surface area (Å²) in [6.45, 7) is 9.23. The minimum Gasteiger partial charge on any atom is -0.389 e. The molecule has 1 N–H and O–H groups in total. The van der Waals surface area contributed by atoms with Crippen LogP contribution in [0.2, 0.25) is 0 Å². The standard InChI is InChI=1S/C22H32O3/c1-5-22(24)9-7-15-16-12(2)10-13-11-14(23)6-8-20(13,3)17(16)18-19(25-18)21(15,22)4/h11-12,15-19,24H,5-10H2,1-4H3/t12-,15+,16+,17-,18+,19+,20+,21-,22+/m1/s1. The van der Waals surface area contributed by atoms with E-state index in [1.165, 1.54) is 5.57 Å². The normalized spacial score (nSPS) is 59.4. The number of fused-ring (bicyclic) bond motifs is 8. The molecule has 0 unspecified atom stereocenters. The van der Waals surface area contributed by atoms with E-state index in [9.17, 15) is 9.90 Å². The van der Waals surface area contributed by atoms with Gasteiger partial charge in [-0.25, -0.2) is 0 Å². The maximum atomic E-state index is 12.0. The lowest BCUT2D eigenvalue weighted by Crippen LogP contribution is -2.60. The van der Waals surface area contributed by atoms with Crippen LogP contribution in [0.5, 0.6) is 0 Å². The van der Waals surface area contributed by atoms with Gasteiger partial charge in [0.1, 0.15) is 0 Å². The maximum Gasteiger partial charge on any atom is 0.155 e. The molecule has 5 rings (SSSR count). The summed E-state index contributed by atoms with van der Waals surface area (Å²) in [5.74, 6) is 2.58. The van der Waals surface area contributed by atoms with Crippen molar-refractivity contribution >= 4 is 5.78 Å². The van der Waals surface area contributed by atoms with Gasteiger partial charge in [0.15, 0.2) is 5.78 Å². The second kappa shape index (κ2) is 4.78. The smallest absolute Gasteiger partial charge is 0.155 e. The lowest BCUT2D eigenvalue weighted by Gasteiger charge is -2.59. The Bertz CT molecular complexity index is 668. The number of rotatable bonds is 1. The quantitative estimate of drug-likeness (QED) is 0.734. The van der Waals surface area contributed by atoms with Gasteiger partial charge in [0.25, 0.3) is 0 Å². The summed E-state index contributed by atoms with van der Waals surface area (Å²) in [5.41, 5.74) is 0.850. The molecule has 138 valence electrons. The summed E-state index contributed by atoms with van der Waals surface area (Å²) in [6.07, 6.45) is 8.08. The molecule has 0 radical (unpaired) electrons. The predicted molar refractivity (Wildman–Crippen MR) is 95.9 cm³/mol. The minimum absolute atomic E-state index is 0.0933. The fraction of sp³-hybridized carbons (Fsp3) is 0.864. The third-order valence-corrected chi connectivity index (χ3v) is 9.47. The molecule has 0 aromatic heterocycles. The van der Waals surface area contributed by atoms with Gasteiger partial charge in [-0.05, 0) is 61.3 Å². The zero-order valence-corrected chi connectivity index (χ0v) is 16.0. The molecule has 3 heteroatoms. The van der Waals surface area contributed by atoms with E-state index in [2.05, 4.69) is 27.7 Å². The number of ketones is 1. The van der Waals surface area contributed by atoms with Crippen molar-refractivity contribution in [3.63, 3.8) is 0 Å². The lowest BCUT2D eigenvalue weighted by atomic mass is 9.44. The van der Waals surface area contributed by atoms with E-state index in [1.54, 1.807) is 0 Å². The molecule has 1 heterocycles. The van der Waals surface area contributed by atoms with E-state index in [0.29, 0.717) is 35.9 Å². The Morgan fingerprint density at radius 2 is 2.08 bits per heavy atom. The fourth-order valence-corrected chi connectivity index (χ4v) is 7.95. The summed E-state index contributed by atoms with van der Waals surface area (Å²) in [6, 6.07) is 0. The molecule has 0 spiro atoms. The fourth-order valence-electron chi connectivity index (χ4n) is 7.95. The van der Waals surface area contributed by atoms with Gasteiger partial charge in [-0.3, -0.25) is 4.79 Å². The van der Waals surface area contributed by atoms with Gasteiger partial charge in [0.2, 0.25) is 0 Å². The molecule has 9 atom stereocenters. The van der Waals surface area contributed by atoms with Crippen LogP contribution in [0.25, 0.3) is 0 Å². The Labute approximate surface area is 151 Å². The summed E-state index contributed by atoms with van der Waals surface area (Å²) in [4.78, 5) is 12.0. The average molecular weight is 344 g/mol. The van der Waals surface area contributed by atoms with Crippen molar-refractivity contribution in [1.29, 1.82) is 0 Å². The van der Waals surface area contributed by atoms with Gasteiger partial charge >= 0.3 is 0 Å². The zero-order valence-electron chi connectivity index (χ0n) is 16.0. The Hall–Kier alpha value is -0.670. The molecule has 0 bridgehead atoms. The SMILES string of the molecule is CC[C@]1(O)CC[C@H]2[C@H]3[C@H]([C@@H]4O[C@@H]4[C@@]21C)[C@@]1(C)CCC(=O)C=C1C[C@H]3C. The third kappa shape index (κ3) is 1.78. The number of epoxide rings is 1. The van der Waals surface area contributed by atoms with Crippen molar-refractivity contribution < 1.29 is 14.6 Å². The molecular formula is C22H32O3. The van der Waals surface area contributed by atoms with Gasteiger partial charge in [-0.1, -0.05) is 33.3 Å². The van der Waals surface area contributed by atoms with E-state index in [-0.39, 0.29) is 23.0 Å². The number of hydrogen-bond donors (Lipinski definition) is 1. The highest BCUT2D eigenvalue weighted by Crippen LogP contribution is 2.73. The van der Waals surface area contributed by atoms with E-state index in [0.717, 1.165) is 32.1 Å². The molecule has 4 aliphatic carbocycles. The van der Waals surface area contributed by atoms with Gasteiger partial charge < -0.3 is 9.84 Å². The van der Waals surface area contributed by atoms with Crippen LogP contribution < -0.4 is 0 Å². The van der Waals surface area contributed by atoms with E-state index < -0.39 is 5.60 Å². The first-order chi connectivity index (χ1) is 11.8. The van der Waals surface area contributed by atoms with Gasteiger partial charge in [0, 0.05) is 17.8 Å². The second-order valence-electron chi connectivity index (χ2n) is 10.2. The monoisotopic (exact) mass is 344 g/mol. The van der Waals surface area contributed by atoms with Crippen molar-refractivity contribution in [2.24, 2.45) is 34.5 Å². The summed E-state index contributed by atoms with van der Waals surface area (Å²) < 4.78 is 6.38. The summed E-state index contributed by atoms with van der Waals surface area (Å²) in [5, 5.41) is 11.4. The molecule has 1 aliphatic heterocycles. The van der Waals surface area contributed by atoms with Crippen molar-refractivity contribution in [2.75, 3.05) is 0 Å². The van der Waals surface area contributed by atoms with Gasteiger partial charge in [-0.2, -0.15) is 0 Å². The first kappa shape index (κ1) is 16.5. The van der Waals surface area contributed by atoms with Crippen LogP contribution in [0, 0.1) is 34.5 Å². The zero-order chi connectivity index (χ0) is 17.8. The molecule has 5 aliphatic rings. The van der Waals surface area contributed by atoms with Crippen molar-refractivity contribution in [3.05, 3.63) is 11.6 Å². The van der Waals surface area contributed by atoms with E-state index in [4.69, 9.17) is 4.74 Å². The number of hydrogen-bond acceptors (Lipinski definition) is 3. The second-order valence-corrected chi connectivity index (χ2v) is 10.2. The Morgan fingerprint density at radius 3 is 2.80 bits per heavy atom. The van der Waals surface area contributed by atoms with Crippen molar-refractivity contribution in [2.45, 2.75) is 84.0 Å². The summed E-state index contributed by atoms with van der Waals surface area (Å²) in [7, 11) is 0. The number of carbonyl (C=O) groups is 1. The van der Waals surface area contributed by atoms with Crippen molar-refractivity contribution in [3.8, 4) is 0 Å². The third-order valence-electron chi connectivity index (χ3n) is 9.47. The molecule has 3 nitrogen and oxygen atoms in total. The highest BCUT2D eigenvalue weighted by Gasteiger charge is 2.76.